The number of likely N-dealkylation sites (tertiary alicyclic amines) is 1. The molecule has 1 fully saturated rings. The Bertz CT molecular complexity index is 641. The van der Waals surface area contributed by atoms with Crippen molar-refractivity contribution >= 4 is 11.8 Å². The van der Waals surface area contributed by atoms with E-state index in [1.54, 1.807) is 11.8 Å². The summed E-state index contributed by atoms with van der Waals surface area (Å²) in [5, 5.41) is 3.02. The molecule has 1 saturated heterocycles. The summed E-state index contributed by atoms with van der Waals surface area (Å²) in [4.78, 5) is 27.9. The van der Waals surface area contributed by atoms with Gasteiger partial charge >= 0.3 is 0 Å². The van der Waals surface area contributed by atoms with Crippen molar-refractivity contribution in [3.8, 4) is 5.75 Å². The Hall–Kier alpha value is -2.08. The van der Waals surface area contributed by atoms with Crippen molar-refractivity contribution in [2.75, 3.05) is 39.3 Å². The molecule has 2 aliphatic rings. The molecule has 2 heterocycles. The number of fused-ring (bicyclic) bond motifs is 1. The fraction of sp³-hybridized carbons (Fsp3) is 0.600. The summed E-state index contributed by atoms with van der Waals surface area (Å²) in [5.74, 6) is 0.998. The number of hydrogen-bond donors (Lipinski definition) is 1. The lowest BCUT2D eigenvalue weighted by molar-refractivity contribution is -0.129. The van der Waals surface area contributed by atoms with Crippen LogP contribution in [0.5, 0.6) is 5.75 Å². The number of nitrogens with one attached hydrogen (secondary N) is 1. The first-order valence-electron chi connectivity index (χ1n) is 9.61. The number of nitrogens with zero attached hydrogens (tertiary/aromatic N) is 2. The number of amides is 2. The summed E-state index contributed by atoms with van der Waals surface area (Å²) in [7, 11) is 0. The summed E-state index contributed by atoms with van der Waals surface area (Å²) in [5.41, 5.74) is 2.12. The third-order valence-corrected chi connectivity index (χ3v) is 5.14. The molecule has 3 rings (SSSR count). The van der Waals surface area contributed by atoms with Gasteiger partial charge in [-0.2, -0.15) is 0 Å². The zero-order valence-corrected chi connectivity index (χ0v) is 15.6. The third kappa shape index (κ3) is 5.21. The van der Waals surface area contributed by atoms with Gasteiger partial charge in [0.25, 0.3) is 0 Å². The number of carbonyl (C=O) groups excluding carboxylic acids is 2. The van der Waals surface area contributed by atoms with E-state index in [-0.39, 0.29) is 11.8 Å². The van der Waals surface area contributed by atoms with Gasteiger partial charge in [-0.25, -0.2) is 0 Å². The molecule has 0 radical (unpaired) electrons. The highest BCUT2D eigenvalue weighted by molar-refractivity contribution is 5.76. The van der Waals surface area contributed by atoms with E-state index in [9.17, 15) is 9.59 Å². The highest BCUT2D eigenvalue weighted by Crippen LogP contribution is 2.25. The number of rotatable bonds is 6. The van der Waals surface area contributed by atoms with Gasteiger partial charge < -0.3 is 19.9 Å². The van der Waals surface area contributed by atoms with Gasteiger partial charge in [0.05, 0.1) is 6.54 Å². The van der Waals surface area contributed by atoms with Gasteiger partial charge in [-0.3, -0.25) is 9.59 Å². The van der Waals surface area contributed by atoms with Crippen LogP contribution in [0.25, 0.3) is 0 Å². The Morgan fingerprint density at radius 1 is 1.19 bits per heavy atom. The van der Waals surface area contributed by atoms with E-state index in [1.165, 1.54) is 12.8 Å². The Kier molecular flexibility index (Phi) is 6.50. The van der Waals surface area contributed by atoms with E-state index in [1.807, 2.05) is 12.1 Å². The van der Waals surface area contributed by atoms with Gasteiger partial charge in [-0.05, 0) is 44.0 Å². The fourth-order valence-corrected chi connectivity index (χ4v) is 3.58. The van der Waals surface area contributed by atoms with E-state index in [0.717, 1.165) is 43.1 Å². The zero-order valence-electron chi connectivity index (χ0n) is 15.6. The molecule has 0 aromatic heterocycles. The molecule has 0 spiro atoms. The van der Waals surface area contributed by atoms with E-state index in [2.05, 4.69) is 16.3 Å². The molecule has 1 aromatic rings. The SMILES string of the molecule is CC(=O)N1CCOc2ccc(CCC(=O)NCCN3CCCC3)cc2C1. The van der Waals surface area contributed by atoms with Crippen LogP contribution in [0.3, 0.4) is 0 Å². The predicted molar refractivity (Wildman–Crippen MR) is 100 cm³/mol. The lowest BCUT2D eigenvalue weighted by atomic mass is 10.0. The zero-order chi connectivity index (χ0) is 18.4. The maximum atomic E-state index is 12.1. The van der Waals surface area contributed by atoms with Crippen LogP contribution in [0.2, 0.25) is 0 Å². The van der Waals surface area contributed by atoms with Crippen LogP contribution in [0.15, 0.2) is 18.2 Å². The normalized spacial score (nSPS) is 17.3. The molecule has 6 nitrogen and oxygen atoms in total. The molecule has 2 amide bonds. The van der Waals surface area contributed by atoms with Crippen LogP contribution >= 0.6 is 0 Å². The van der Waals surface area contributed by atoms with E-state index in [4.69, 9.17) is 4.74 Å². The summed E-state index contributed by atoms with van der Waals surface area (Å²) in [6.07, 6.45) is 3.73. The fourth-order valence-electron chi connectivity index (χ4n) is 3.58. The Morgan fingerprint density at radius 2 is 2.00 bits per heavy atom. The second-order valence-corrected chi connectivity index (χ2v) is 7.13. The lowest BCUT2D eigenvalue weighted by Crippen LogP contribution is -2.33. The molecule has 2 aliphatic heterocycles. The molecule has 1 N–H and O–H groups in total. The quantitative estimate of drug-likeness (QED) is 0.838. The van der Waals surface area contributed by atoms with Crippen molar-refractivity contribution in [3.63, 3.8) is 0 Å². The molecule has 0 bridgehead atoms. The van der Waals surface area contributed by atoms with Crippen LogP contribution in [0, 0.1) is 0 Å². The van der Waals surface area contributed by atoms with E-state index >= 15 is 0 Å². The maximum absolute atomic E-state index is 12.1. The second kappa shape index (κ2) is 9.03. The maximum Gasteiger partial charge on any atom is 0.220 e. The Balaban J connectivity index is 1.47. The molecular formula is C20H29N3O3. The smallest absolute Gasteiger partial charge is 0.220 e. The van der Waals surface area contributed by atoms with E-state index < -0.39 is 0 Å². The highest BCUT2D eigenvalue weighted by atomic mass is 16.5. The van der Waals surface area contributed by atoms with Gasteiger partial charge in [0.2, 0.25) is 11.8 Å². The second-order valence-electron chi connectivity index (χ2n) is 7.13. The monoisotopic (exact) mass is 359 g/mol. The standard InChI is InChI=1S/C20H29N3O3/c1-16(24)23-12-13-26-19-6-4-17(14-18(19)15-23)5-7-20(25)21-8-11-22-9-2-3-10-22/h4,6,14H,2-3,5,7-13,15H2,1H3,(H,21,25). The minimum absolute atomic E-state index is 0.0595. The Labute approximate surface area is 155 Å². The van der Waals surface area contributed by atoms with Crippen molar-refractivity contribution in [2.45, 2.75) is 39.2 Å². The van der Waals surface area contributed by atoms with Crippen molar-refractivity contribution in [1.82, 2.24) is 15.1 Å². The van der Waals surface area contributed by atoms with Crippen LogP contribution in [0.4, 0.5) is 0 Å². The number of carbonyl (C=O) groups is 2. The number of aryl methyl sites for hydroxylation is 1. The number of ether oxygens (including phenoxy) is 1. The minimum atomic E-state index is 0.0595. The molecule has 0 saturated carbocycles. The molecule has 142 valence electrons. The van der Waals surface area contributed by atoms with Gasteiger partial charge in [-0.15, -0.1) is 0 Å². The van der Waals surface area contributed by atoms with Crippen molar-refractivity contribution < 1.29 is 14.3 Å². The van der Waals surface area contributed by atoms with Gasteiger partial charge in [0.15, 0.2) is 0 Å². The Morgan fingerprint density at radius 3 is 2.77 bits per heavy atom. The van der Waals surface area contributed by atoms with Crippen LogP contribution in [-0.2, 0) is 22.6 Å². The van der Waals surface area contributed by atoms with Crippen molar-refractivity contribution in [1.29, 1.82) is 0 Å². The number of benzene rings is 1. The molecule has 1 aromatic carbocycles. The minimum Gasteiger partial charge on any atom is -0.491 e. The average Bonchev–Trinajstić information content (AvgIpc) is 3.04. The first-order valence-corrected chi connectivity index (χ1v) is 9.61. The van der Waals surface area contributed by atoms with Crippen LogP contribution < -0.4 is 10.1 Å². The van der Waals surface area contributed by atoms with Gasteiger partial charge in [0.1, 0.15) is 12.4 Å². The van der Waals surface area contributed by atoms with Crippen molar-refractivity contribution in [3.05, 3.63) is 29.3 Å². The first-order chi connectivity index (χ1) is 12.6. The summed E-state index contributed by atoms with van der Waals surface area (Å²) < 4.78 is 5.73. The highest BCUT2D eigenvalue weighted by Gasteiger charge is 2.17. The van der Waals surface area contributed by atoms with Gasteiger partial charge in [0, 0.05) is 38.5 Å². The lowest BCUT2D eigenvalue weighted by Gasteiger charge is -2.17. The summed E-state index contributed by atoms with van der Waals surface area (Å²) in [6, 6.07) is 6.04. The molecule has 0 atom stereocenters. The van der Waals surface area contributed by atoms with Crippen LogP contribution in [-0.4, -0.2) is 60.9 Å². The average molecular weight is 359 g/mol. The van der Waals surface area contributed by atoms with Gasteiger partial charge in [-0.1, -0.05) is 12.1 Å². The van der Waals surface area contributed by atoms with Crippen LogP contribution in [0.1, 0.15) is 37.3 Å². The predicted octanol–water partition coefficient (Wildman–Crippen LogP) is 1.57. The molecule has 6 heteroatoms. The van der Waals surface area contributed by atoms with Crippen molar-refractivity contribution in [2.24, 2.45) is 0 Å². The topological polar surface area (TPSA) is 61.9 Å². The molecule has 26 heavy (non-hydrogen) atoms. The summed E-state index contributed by atoms with van der Waals surface area (Å²) in [6.45, 7) is 7.27. The molecule has 0 unspecified atom stereocenters. The summed E-state index contributed by atoms with van der Waals surface area (Å²) >= 11 is 0. The largest absolute Gasteiger partial charge is 0.491 e. The van der Waals surface area contributed by atoms with E-state index in [0.29, 0.717) is 32.5 Å². The molecule has 0 aliphatic carbocycles. The first kappa shape index (κ1) is 18.7. The number of hydrogen-bond acceptors (Lipinski definition) is 4. The molecular weight excluding hydrogens is 330 g/mol. The third-order valence-electron chi connectivity index (χ3n) is 5.14.